The maximum atomic E-state index is 12.7. The van der Waals surface area contributed by atoms with Crippen LogP contribution in [0.5, 0.6) is 5.88 Å². The molecule has 1 fully saturated rings. The van der Waals surface area contributed by atoms with Crippen molar-refractivity contribution in [1.29, 1.82) is 0 Å². The zero-order chi connectivity index (χ0) is 31.4. The number of fused-ring (bicyclic) bond motifs is 1. The number of carbonyl (C=O) groups is 2. The van der Waals surface area contributed by atoms with E-state index < -0.39 is 5.97 Å². The summed E-state index contributed by atoms with van der Waals surface area (Å²) in [4.78, 5) is 42.6. The Morgan fingerprint density at radius 3 is 2.34 bits per heavy atom. The predicted molar refractivity (Wildman–Crippen MR) is 171 cm³/mol. The number of likely N-dealkylation sites (N-methyl/N-ethyl adjacent to an activating group) is 1. The summed E-state index contributed by atoms with van der Waals surface area (Å²) in [6.07, 6.45) is 0.516. The molecule has 0 spiro atoms. The Balaban J connectivity index is 1.34. The average molecular weight is 598 g/mol. The first kappa shape index (κ1) is 30.9. The molecule has 230 valence electrons. The van der Waals surface area contributed by atoms with E-state index in [1.54, 1.807) is 36.4 Å². The lowest BCUT2D eigenvalue weighted by molar-refractivity contribution is 0.00386. The van der Waals surface area contributed by atoms with Crippen molar-refractivity contribution in [2.75, 3.05) is 33.3 Å². The third kappa shape index (κ3) is 6.67. The van der Waals surface area contributed by atoms with Gasteiger partial charge in [0.25, 0.3) is 5.91 Å². The summed E-state index contributed by atoms with van der Waals surface area (Å²) < 4.78 is 0. The van der Waals surface area contributed by atoms with Gasteiger partial charge in [-0.1, -0.05) is 37.3 Å². The van der Waals surface area contributed by atoms with Crippen LogP contribution < -0.4 is 5.48 Å². The van der Waals surface area contributed by atoms with Gasteiger partial charge in [-0.2, -0.15) is 0 Å². The van der Waals surface area contributed by atoms with Crippen molar-refractivity contribution >= 4 is 34.2 Å². The Bertz CT molecular complexity index is 1650. The number of H-pyrrole nitrogens is 1. The molecule has 1 aliphatic rings. The first-order valence-electron chi connectivity index (χ1n) is 14.9. The number of piperazine rings is 1. The first-order valence-corrected chi connectivity index (χ1v) is 14.9. The van der Waals surface area contributed by atoms with Crippen molar-refractivity contribution < 1.29 is 24.6 Å². The molecule has 1 aliphatic heterocycles. The third-order valence-corrected chi connectivity index (χ3v) is 8.38. The second kappa shape index (κ2) is 13.4. The lowest BCUT2D eigenvalue weighted by Crippen LogP contribution is -2.55. The summed E-state index contributed by atoms with van der Waals surface area (Å²) in [7, 11) is 2.15. The van der Waals surface area contributed by atoms with Crippen LogP contribution in [0, 0.1) is 0 Å². The number of carboxylic acid groups (broad SMARTS) is 1. The number of hydrogen-bond donors (Lipinski definition) is 4. The van der Waals surface area contributed by atoms with E-state index in [1.165, 1.54) is 0 Å². The molecule has 1 aromatic heterocycles. The van der Waals surface area contributed by atoms with Crippen LogP contribution in [0.1, 0.15) is 58.2 Å². The van der Waals surface area contributed by atoms with E-state index in [-0.39, 0.29) is 17.4 Å². The minimum absolute atomic E-state index is 0.110. The zero-order valence-electron chi connectivity index (χ0n) is 25.5. The maximum absolute atomic E-state index is 12.7. The number of carboxylic acids is 1. The molecule has 10 heteroatoms. The molecule has 2 heterocycles. The summed E-state index contributed by atoms with van der Waals surface area (Å²) >= 11 is 0. The Hall–Kier alpha value is -4.51. The van der Waals surface area contributed by atoms with Gasteiger partial charge in [-0.05, 0) is 69.3 Å². The van der Waals surface area contributed by atoms with E-state index in [4.69, 9.17) is 9.83 Å². The Morgan fingerprint density at radius 2 is 1.70 bits per heavy atom. The summed E-state index contributed by atoms with van der Waals surface area (Å²) in [6.45, 7) is 9.36. The summed E-state index contributed by atoms with van der Waals surface area (Å²) in [6, 6.07) is 20.5. The van der Waals surface area contributed by atoms with Crippen molar-refractivity contribution in [2.45, 2.75) is 39.3 Å². The van der Waals surface area contributed by atoms with Gasteiger partial charge in [0.15, 0.2) is 5.88 Å². The smallest absolute Gasteiger partial charge is 0.336 e. The first-order chi connectivity index (χ1) is 21.2. The number of nitrogens with one attached hydrogen (secondary N) is 2. The lowest BCUT2D eigenvalue weighted by Gasteiger charge is -2.42. The number of nitrogens with zero attached hydrogens (tertiary/aromatic N) is 3. The number of rotatable bonds is 10. The van der Waals surface area contributed by atoms with Crippen molar-refractivity contribution in [2.24, 2.45) is 4.99 Å². The molecule has 1 saturated heterocycles. The van der Waals surface area contributed by atoms with Crippen LogP contribution in [0.15, 0.2) is 71.7 Å². The average Bonchev–Trinajstić information content (AvgIpc) is 3.34. The molecular formula is C34H39N5O5. The molecule has 3 aromatic carbocycles. The molecule has 1 amide bonds. The topological polar surface area (TPSA) is 130 Å². The van der Waals surface area contributed by atoms with E-state index in [9.17, 15) is 19.8 Å². The summed E-state index contributed by atoms with van der Waals surface area (Å²) in [5, 5.41) is 21.4. The molecule has 0 radical (unpaired) electrons. The number of amides is 1. The van der Waals surface area contributed by atoms with Crippen LogP contribution >= 0.6 is 0 Å². The van der Waals surface area contributed by atoms with Gasteiger partial charge in [-0.25, -0.2) is 15.3 Å². The fraction of sp³-hybridized carbons (Fsp3) is 0.324. The fourth-order valence-corrected chi connectivity index (χ4v) is 5.73. The zero-order valence-corrected chi connectivity index (χ0v) is 25.5. The van der Waals surface area contributed by atoms with Gasteiger partial charge in [0.05, 0.1) is 29.1 Å². The minimum Gasteiger partial charge on any atom is -0.494 e. The number of hydrogen-bond acceptors (Lipinski definition) is 7. The maximum Gasteiger partial charge on any atom is 0.336 e. The third-order valence-electron chi connectivity index (χ3n) is 8.38. The number of aliphatic imine (C=N–C) groups is 1. The summed E-state index contributed by atoms with van der Waals surface area (Å²) in [5.74, 6) is -1.48. The van der Waals surface area contributed by atoms with Gasteiger partial charge in [0.2, 0.25) is 0 Å². The molecule has 0 bridgehead atoms. The highest BCUT2D eigenvalue weighted by Crippen LogP contribution is 2.33. The van der Waals surface area contributed by atoms with Crippen molar-refractivity contribution in [3.8, 4) is 5.88 Å². The molecular weight excluding hydrogens is 558 g/mol. The number of aromatic carboxylic acids is 1. The number of aromatic amines is 1. The highest BCUT2D eigenvalue weighted by atomic mass is 16.7. The predicted octanol–water partition coefficient (Wildman–Crippen LogP) is 4.99. The van der Waals surface area contributed by atoms with E-state index in [2.05, 4.69) is 41.2 Å². The second-order valence-electron chi connectivity index (χ2n) is 11.3. The highest BCUT2D eigenvalue weighted by Gasteiger charge is 2.26. The van der Waals surface area contributed by atoms with E-state index in [0.717, 1.165) is 25.2 Å². The summed E-state index contributed by atoms with van der Waals surface area (Å²) in [5.41, 5.74) is 6.63. The highest BCUT2D eigenvalue weighted by molar-refractivity contribution is 6.22. The largest absolute Gasteiger partial charge is 0.494 e. The minimum atomic E-state index is -1.02. The lowest BCUT2D eigenvalue weighted by atomic mass is 9.97. The number of carbonyl (C=O) groups excluding carboxylic acids is 1. The van der Waals surface area contributed by atoms with Crippen molar-refractivity contribution in [3.05, 3.63) is 94.5 Å². The molecule has 0 aliphatic carbocycles. The standard InChI is InChI=1S/C34H39N5O5/c1-5-23-17-28-29(18-27(23)34(42)43)36-33(41)30(28)31(24-9-7-6-8-10-24)35-26-13-11-25(12-14-26)32(40)37-44-16-15-39-19-21(2)38(4)22(3)20-39/h6-14,17-18,21-22,36,41H,5,15-16,19-20H2,1-4H3,(H,37,40)(H,42,43)/t21-,22+. The van der Waals surface area contributed by atoms with Crippen molar-refractivity contribution in [1.82, 2.24) is 20.3 Å². The second-order valence-corrected chi connectivity index (χ2v) is 11.3. The number of aromatic hydroxyl groups is 1. The van der Waals surface area contributed by atoms with Gasteiger partial charge < -0.3 is 15.2 Å². The fourth-order valence-electron chi connectivity index (χ4n) is 5.73. The SMILES string of the molecule is CCc1cc2c(C(=Nc3ccc(C(=O)NOCCN4C[C@@H](C)N(C)[C@@H](C)C4)cc3)c3ccccc3)c(O)[nH]c2cc1C(=O)O. The van der Waals surface area contributed by atoms with Gasteiger partial charge in [0, 0.05) is 53.7 Å². The molecule has 4 aromatic rings. The number of aryl methyl sites for hydroxylation is 1. The molecule has 4 N–H and O–H groups in total. The van der Waals surface area contributed by atoms with Crippen LogP contribution in [-0.2, 0) is 11.3 Å². The Labute approximate surface area is 256 Å². The van der Waals surface area contributed by atoms with Crippen LogP contribution in [-0.4, -0.2) is 88.0 Å². The van der Waals surface area contributed by atoms with Crippen LogP contribution in [0.2, 0.25) is 0 Å². The van der Waals surface area contributed by atoms with Gasteiger partial charge >= 0.3 is 5.97 Å². The molecule has 5 rings (SSSR count). The van der Waals surface area contributed by atoms with Gasteiger partial charge in [0.1, 0.15) is 0 Å². The van der Waals surface area contributed by atoms with E-state index in [0.29, 0.717) is 64.1 Å². The molecule has 10 nitrogen and oxygen atoms in total. The molecule has 44 heavy (non-hydrogen) atoms. The number of benzene rings is 3. The van der Waals surface area contributed by atoms with E-state index >= 15 is 0 Å². The quantitative estimate of drug-likeness (QED) is 0.115. The normalized spacial score (nSPS) is 18.0. The number of aromatic nitrogens is 1. The Kier molecular flexibility index (Phi) is 9.43. The Morgan fingerprint density at radius 1 is 1.02 bits per heavy atom. The molecule has 0 saturated carbocycles. The number of hydroxylamine groups is 1. The van der Waals surface area contributed by atoms with Crippen LogP contribution in [0.3, 0.4) is 0 Å². The van der Waals surface area contributed by atoms with Crippen molar-refractivity contribution in [3.63, 3.8) is 0 Å². The molecule has 0 unspecified atom stereocenters. The van der Waals surface area contributed by atoms with E-state index in [1.807, 2.05) is 37.3 Å². The monoisotopic (exact) mass is 597 g/mol. The van der Waals surface area contributed by atoms with Gasteiger partial charge in [-0.3, -0.25) is 19.4 Å². The van der Waals surface area contributed by atoms with Gasteiger partial charge in [-0.15, -0.1) is 0 Å². The van der Waals surface area contributed by atoms with Crippen LogP contribution in [0.4, 0.5) is 5.69 Å². The molecule has 2 atom stereocenters. The van der Waals surface area contributed by atoms with Crippen LogP contribution in [0.25, 0.3) is 10.9 Å².